The van der Waals surface area contributed by atoms with Gasteiger partial charge in [-0.3, -0.25) is 0 Å². The standard InChI is InChI=1S/C63H73N/c1-57(2)31-32-60(7,8)52-37-41(27-30-48(52)57)45-38-46-44-19-15-16-21-47(44)63(13,14)51(46)39-54(45)64(53-24-18-23-50-56(53)62(11,12)36-34-59(50,5)6)42-28-25-40(26-29-42)43-20-17-22-49-55(43)61(9,10)35-33-58(49,3)4/h15-30,37-39H,31-36H2,1-14H3. The van der Waals surface area contributed by atoms with Gasteiger partial charge in [0, 0.05) is 16.7 Å². The van der Waals surface area contributed by atoms with Crippen LogP contribution in [0.15, 0.2) is 115 Å². The van der Waals surface area contributed by atoms with Crippen LogP contribution < -0.4 is 4.90 Å². The number of hydrogen-bond donors (Lipinski definition) is 0. The van der Waals surface area contributed by atoms with Crippen LogP contribution in [0.2, 0.25) is 0 Å². The molecule has 0 unspecified atom stereocenters. The molecule has 4 aliphatic rings. The molecule has 6 aromatic carbocycles. The van der Waals surface area contributed by atoms with E-state index in [0.717, 1.165) is 6.42 Å². The molecule has 0 amide bonds. The Labute approximate surface area is 386 Å². The van der Waals surface area contributed by atoms with E-state index in [4.69, 9.17) is 0 Å². The van der Waals surface area contributed by atoms with Crippen molar-refractivity contribution in [3.05, 3.63) is 160 Å². The number of benzene rings is 6. The summed E-state index contributed by atoms with van der Waals surface area (Å²) in [5, 5.41) is 0. The maximum atomic E-state index is 2.68. The largest absolute Gasteiger partial charge is 0.310 e. The van der Waals surface area contributed by atoms with Crippen molar-refractivity contribution < 1.29 is 0 Å². The second kappa shape index (κ2) is 14.1. The molecular formula is C63H73N. The van der Waals surface area contributed by atoms with Crippen LogP contribution in [-0.2, 0) is 37.9 Å². The first-order chi connectivity index (χ1) is 29.9. The molecule has 0 saturated carbocycles. The highest BCUT2D eigenvalue weighted by Crippen LogP contribution is 2.58. The van der Waals surface area contributed by atoms with Crippen LogP contribution in [0.5, 0.6) is 0 Å². The zero-order valence-electron chi connectivity index (χ0n) is 41.7. The zero-order chi connectivity index (χ0) is 45.6. The third kappa shape index (κ3) is 6.52. The monoisotopic (exact) mass is 844 g/mol. The number of nitrogens with zero attached hydrogens (tertiary/aromatic N) is 1. The molecule has 1 heteroatoms. The Morgan fingerprint density at radius 1 is 0.312 bits per heavy atom. The Morgan fingerprint density at radius 2 is 0.812 bits per heavy atom. The Hall–Kier alpha value is -4.88. The minimum absolute atomic E-state index is 0.00501. The normalized spacial score (nSPS) is 20.8. The molecule has 0 saturated heterocycles. The minimum Gasteiger partial charge on any atom is -0.310 e. The fraction of sp³-hybridized carbons (Fsp3) is 0.429. The fourth-order valence-corrected chi connectivity index (χ4v) is 13.0. The highest BCUT2D eigenvalue weighted by Gasteiger charge is 2.43. The summed E-state index contributed by atoms with van der Waals surface area (Å²) in [4.78, 5) is 2.68. The minimum atomic E-state index is -0.152. The molecule has 0 aromatic heterocycles. The van der Waals surface area contributed by atoms with Crippen LogP contribution in [0.1, 0.15) is 180 Å². The Kier molecular flexibility index (Phi) is 9.46. The molecule has 4 aliphatic carbocycles. The second-order valence-electron chi connectivity index (χ2n) is 25.0. The Balaban J connectivity index is 1.27. The average molecular weight is 844 g/mol. The molecule has 0 heterocycles. The van der Waals surface area contributed by atoms with E-state index in [0.29, 0.717) is 0 Å². The van der Waals surface area contributed by atoms with Crippen molar-refractivity contribution in [2.24, 2.45) is 0 Å². The molecule has 64 heavy (non-hydrogen) atoms. The topological polar surface area (TPSA) is 3.24 Å². The SMILES string of the molecule is CC1(C)CCC(C)(C)c2cc(-c3cc4c(cc3N(c3ccc(-c5cccc6c5C(C)(C)CCC6(C)C)cc3)c3cccc5c3C(C)(C)CCC5(C)C)C(C)(C)c3ccccc3-4)ccc21. The number of hydrogen-bond acceptors (Lipinski definition) is 1. The van der Waals surface area contributed by atoms with Gasteiger partial charge >= 0.3 is 0 Å². The summed E-state index contributed by atoms with van der Waals surface area (Å²) in [6.07, 6.45) is 7.13. The molecule has 0 fully saturated rings. The molecule has 6 aromatic rings. The summed E-state index contributed by atoms with van der Waals surface area (Å²) in [5.74, 6) is 0. The van der Waals surface area contributed by atoms with Crippen molar-refractivity contribution in [2.45, 2.75) is 173 Å². The number of anilines is 3. The first kappa shape index (κ1) is 43.0. The van der Waals surface area contributed by atoms with E-state index >= 15 is 0 Å². The Morgan fingerprint density at radius 3 is 1.47 bits per heavy atom. The molecule has 0 N–H and O–H groups in total. The molecule has 0 bridgehead atoms. The molecule has 10 rings (SSSR count). The van der Waals surface area contributed by atoms with Crippen molar-refractivity contribution in [1.29, 1.82) is 0 Å². The van der Waals surface area contributed by atoms with Gasteiger partial charge in [-0.1, -0.05) is 182 Å². The van der Waals surface area contributed by atoms with Crippen LogP contribution in [-0.4, -0.2) is 0 Å². The summed E-state index contributed by atoms with van der Waals surface area (Å²) in [7, 11) is 0. The lowest BCUT2D eigenvalue weighted by molar-refractivity contribution is 0.332. The summed E-state index contributed by atoms with van der Waals surface area (Å²) >= 11 is 0. The van der Waals surface area contributed by atoms with Crippen LogP contribution in [0.25, 0.3) is 33.4 Å². The van der Waals surface area contributed by atoms with Crippen LogP contribution >= 0.6 is 0 Å². The zero-order valence-corrected chi connectivity index (χ0v) is 41.7. The van der Waals surface area contributed by atoms with Crippen LogP contribution in [0.4, 0.5) is 17.1 Å². The molecular weight excluding hydrogens is 771 g/mol. The van der Waals surface area contributed by atoms with E-state index in [2.05, 4.69) is 217 Å². The quantitative estimate of drug-likeness (QED) is 0.167. The van der Waals surface area contributed by atoms with Crippen LogP contribution in [0, 0.1) is 0 Å². The molecule has 0 spiro atoms. The smallest absolute Gasteiger partial charge is 0.0543 e. The summed E-state index contributed by atoms with van der Waals surface area (Å²) < 4.78 is 0. The Bertz CT molecular complexity index is 2850. The van der Waals surface area contributed by atoms with Gasteiger partial charge in [-0.05, 0) is 174 Å². The van der Waals surface area contributed by atoms with E-state index in [1.54, 1.807) is 0 Å². The van der Waals surface area contributed by atoms with E-state index in [1.807, 2.05) is 0 Å². The van der Waals surface area contributed by atoms with Gasteiger partial charge in [-0.25, -0.2) is 0 Å². The second-order valence-corrected chi connectivity index (χ2v) is 25.0. The van der Waals surface area contributed by atoms with Crippen LogP contribution in [0.3, 0.4) is 0 Å². The summed E-state index contributed by atoms with van der Waals surface area (Å²) in [6, 6.07) is 45.9. The lowest BCUT2D eigenvalue weighted by Gasteiger charge is -2.45. The van der Waals surface area contributed by atoms with Gasteiger partial charge in [-0.15, -0.1) is 0 Å². The van der Waals surface area contributed by atoms with Gasteiger partial charge in [0.05, 0.1) is 11.4 Å². The average Bonchev–Trinajstić information content (AvgIpc) is 3.48. The number of fused-ring (bicyclic) bond motifs is 6. The maximum absolute atomic E-state index is 2.68. The first-order valence-electron chi connectivity index (χ1n) is 24.6. The maximum Gasteiger partial charge on any atom is 0.0543 e. The summed E-state index contributed by atoms with van der Waals surface area (Å²) in [6.45, 7) is 34.4. The molecule has 330 valence electrons. The van der Waals surface area contributed by atoms with Crippen molar-refractivity contribution in [2.75, 3.05) is 4.90 Å². The van der Waals surface area contributed by atoms with Gasteiger partial charge in [0.25, 0.3) is 0 Å². The highest BCUT2D eigenvalue weighted by molar-refractivity contribution is 5.96. The van der Waals surface area contributed by atoms with Gasteiger partial charge < -0.3 is 4.90 Å². The fourth-order valence-electron chi connectivity index (χ4n) is 13.0. The van der Waals surface area contributed by atoms with Crippen molar-refractivity contribution >= 4 is 17.1 Å². The number of rotatable bonds is 5. The molecule has 0 aliphatic heterocycles. The van der Waals surface area contributed by atoms with Gasteiger partial charge in [-0.2, -0.15) is 0 Å². The van der Waals surface area contributed by atoms with E-state index in [1.165, 1.54) is 127 Å². The van der Waals surface area contributed by atoms with Gasteiger partial charge in [0.2, 0.25) is 0 Å². The lowest BCUT2D eigenvalue weighted by atomic mass is 9.61. The molecule has 0 atom stereocenters. The molecule has 1 nitrogen and oxygen atoms in total. The summed E-state index contributed by atoms with van der Waals surface area (Å²) in [5.41, 5.74) is 24.0. The van der Waals surface area contributed by atoms with E-state index in [9.17, 15) is 0 Å². The van der Waals surface area contributed by atoms with Crippen molar-refractivity contribution in [3.63, 3.8) is 0 Å². The predicted molar refractivity (Wildman–Crippen MR) is 275 cm³/mol. The van der Waals surface area contributed by atoms with Crippen molar-refractivity contribution in [3.8, 4) is 33.4 Å². The lowest BCUT2D eigenvalue weighted by Crippen LogP contribution is -2.35. The first-order valence-corrected chi connectivity index (χ1v) is 24.6. The van der Waals surface area contributed by atoms with E-state index < -0.39 is 0 Å². The van der Waals surface area contributed by atoms with E-state index in [-0.39, 0.29) is 37.9 Å². The van der Waals surface area contributed by atoms with Gasteiger partial charge in [0.1, 0.15) is 0 Å². The third-order valence-corrected chi connectivity index (χ3v) is 17.5. The van der Waals surface area contributed by atoms with Gasteiger partial charge in [0.15, 0.2) is 0 Å². The van der Waals surface area contributed by atoms with Crippen molar-refractivity contribution in [1.82, 2.24) is 0 Å². The highest BCUT2D eigenvalue weighted by atomic mass is 15.1. The predicted octanol–water partition coefficient (Wildman–Crippen LogP) is 17.8. The third-order valence-electron chi connectivity index (χ3n) is 17.5. The molecule has 0 radical (unpaired) electrons.